The van der Waals surface area contributed by atoms with Crippen LogP contribution in [0.25, 0.3) is 11.1 Å². The first-order valence-electron chi connectivity index (χ1n) is 10.7. The lowest BCUT2D eigenvalue weighted by Gasteiger charge is -2.17. The maximum Gasteiger partial charge on any atom is 0.333 e. The third kappa shape index (κ3) is 5.34. The van der Waals surface area contributed by atoms with Gasteiger partial charge in [-0.2, -0.15) is 0 Å². The molecule has 0 radical (unpaired) electrons. The average molecular weight is 408 g/mol. The van der Waals surface area contributed by atoms with E-state index in [2.05, 4.69) is 26.0 Å². The number of aryl methyl sites for hydroxylation is 2. The summed E-state index contributed by atoms with van der Waals surface area (Å²) in [4.78, 5) is 22.7. The molecule has 3 rings (SSSR count). The van der Waals surface area contributed by atoms with Crippen molar-refractivity contribution in [3.63, 3.8) is 0 Å². The van der Waals surface area contributed by atoms with Crippen molar-refractivity contribution in [2.45, 2.75) is 52.4 Å². The van der Waals surface area contributed by atoms with E-state index < -0.39 is 7.72 Å². The molecule has 0 amide bonds. The third-order valence-corrected chi connectivity index (χ3v) is 7.52. The second-order valence-corrected chi connectivity index (χ2v) is 9.89. The zero-order valence-corrected chi connectivity index (χ0v) is 18.4. The summed E-state index contributed by atoms with van der Waals surface area (Å²) in [5, 5.41) is 1.31. The van der Waals surface area contributed by atoms with Crippen LogP contribution in [0.5, 0.6) is 0 Å². The van der Waals surface area contributed by atoms with Crippen LogP contribution in [0, 0.1) is 0 Å². The van der Waals surface area contributed by atoms with E-state index in [0.29, 0.717) is 10.6 Å². The van der Waals surface area contributed by atoms with Crippen molar-refractivity contribution in [3.8, 4) is 11.1 Å². The number of hydrogen-bond donors (Lipinski definition) is 2. The highest BCUT2D eigenvalue weighted by Gasteiger charge is 2.42. The first-order chi connectivity index (χ1) is 14.1. The van der Waals surface area contributed by atoms with Crippen molar-refractivity contribution in [1.29, 1.82) is 0 Å². The van der Waals surface area contributed by atoms with Gasteiger partial charge >= 0.3 is 7.72 Å². The van der Waals surface area contributed by atoms with E-state index in [0.717, 1.165) is 55.2 Å². The highest BCUT2D eigenvalue weighted by Crippen LogP contribution is 2.49. The van der Waals surface area contributed by atoms with Gasteiger partial charge in [-0.15, -0.1) is 0 Å². The molecule has 0 aromatic heterocycles. The van der Waals surface area contributed by atoms with Gasteiger partial charge in [0.25, 0.3) is 0 Å². The molecule has 0 saturated heterocycles. The fourth-order valence-electron chi connectivity index (χ4n) is 3.70. The van der Waals surface area contributed by atoms with Gasteiger partial charge in [0.1, 0.15) is 0 Å². The van der Waals surface area contributed by atoms with Crippen LogP contribution in [-0.2, 0) is 12.8 Å². The van der Waals surface area contributed by atoms with Crippen molar-refractivity contribution < 1.29 is 9.79 Å². The standard InChI is InChI=1S/C26H32O2P/c1-3-5-11-21-17-18-26(24(19-21)12-6-4-2)29(27,28)25-16-10-15-23(20-25)22-13-8-7-9-14-22/h7-10,13-20,27-28H,3-6,11-12H2,1-2H3/q+1. The van der Waals surface area contributed by atoms with Gasteiger partial charge in [0.2, 0.25) is 0 Å². The van der Waals surface area contributed by atoms with E-state index in [1.165, 1.54) is 5.56 Å². The van der Waals surface area contributed by atoms with Crippen LogP contribution >= 0.6 is 7.72 Å². The van der Waals surface area contributed by atoms with Crippen molar-refractivity contribution >= 4 is 18.3 Å². The smallest absolute Gasteiger partial charge is 0.210 e. The highest BCUT2D eigenvalue weighted by molar-refractivity contribution is 7.79. The molecule has 0 aliphatic rings. The van der Waals surface area contributed by atoms with Crippen molar-refractivity contribution in [1.82, 2.24) is 0 Å². The summed E-state index contributed by atoms with van der Waals surface area (Å²) < 4.78 is 0. The monoisotopic (exact) mass is 407 g/mol. The minimum Gasteiger partial charge on any atom is -0.210 e. The van der Waals surface area contributed by atoms with E-state index in [-0.39, 0.29) is 0 Å². The fourth-order valence-corrected chi connectivity index (χ4v) is 5.45. The van der Waals surface area contributed by atoms with Gasteiger partial charge in [0.05, 0.1) is 0 Å². The Balaban J connectivity index is 1.99. The molecule has 2 N–H and O–H groups in total. The van der Waals surface area contributed by atoms with Crippen LogP contribution < -0.4 is 10.6 Å². The van der Waals surface area contributed by atoms with Gasteiger partial charge in [-0.05, 0) is 60.6 Å². The lowest BCUT2D eigenvalue weighted by atomic mass is 10.0. The Labute approximate surface area is 175 Å². The second kappa shape index (κ2) is 10.2. The van der Waals surface area contributed by atoms with Gasteiger partial charge in [-0.25, -0.2) is 9.79 Å². The Hall–Kier alpha value is -1.99. The summed E-state index contributed by atoms with van der Waals surface area (Å²) >= 11 is 0. The quantitative estimate of drug-likeness (QED) is 0.439. The van der Waals surface area contributed by atoms with Crippen LogP contribution in [-0.4, -0.2) is 9.79 Å². The first kappa shape index (κ1) is 21.7. The summed E-state index contributed by atoms with van der Waals surface area (Å²) in [5.41, 5.74) is 4.46. The Morgan fingerprint density at radius 3 is 2.10 bits per heavy atom. The van der Waals surface area contributed by atoms with Crippen LogP contribution in [0.1, 0.15) is 50.7 Å². The number of rotatable bonds is 9. The van der Waals surface area contributed by atoms with Crippen molar-refractivity contribution in [3.05, 3.63) is 83.9 Å². The Morgan fingerprint density at radius 2 is 1.38 bits per heavy atom. The van der Waals surface area contributed by atoms with Gasteiger partial charge in [0.15, 0.2) is 10.6 Å². The molecule has 3 heteroatoms. The normalized spacial score (nSPS) is 11.6. The van der Waals surface area contributed by atoms with E-state index in [4.69, 9.17) is 0 Å². The topological polar surface area (TPSA) is 40.5 Å². The minimum atomic E-state index is -3.42. The van der Waals surface area contributed by atoms with Crippen LogP contribution in [0.4, 0.5) is 0 Å². The number of unbranched alkanes of at least 4 members (excludes halogenated alkanes) is 2. The molecule has 29 heavy (non-hydrogen) atoms. The summed E-state index contributed by atoms with van der Waals surface area (Å²) in [5.74, 6) is 0. The van der Waals surface area contributed by atoms with Gasteiger partial charge in [-0.3, -0.25) is 0 Å². The Bertz CT molecular complexity index is 919. The molecule has 0 saturated carbocycles. The van der Waals surface area contributed by atoms with Crippen molar-refractivity contribution in [2.75, 3.05) is 0 Å². The molecule has 0 atom stereocenters. The van der Waals surface area contributed by atoms with Crippen LogP contribution in [0.3, 0.4) is 0 Å². The van der Waals surface area contributed by atoms with Gasteiger partial charge < -0.3 is 0 Å². The second-order valence-electron chi connectivity index (χ2n) is 7.69. The van der Waals surface area contributed by atoms with Crippen molar-refractivity contribution in [2.24, 2.45) is 0 Å². The van der Waals surface area contributed by atoms with E-state index in [1.807, 2.05) is 60.7 Å². The molecular formula is C26H32O2P+. The molecule has 0 fully saturated rings. The minimum absolute atomic E-state index is 0.609. The molecule has 0 heterocycles. The lowest BCUT2D eigenvalue weighted by Crippen LogP contribution is -2.25. The van der Waals surface area contributed by atoms with E-state index in [1.54, 1.807) is 0 Å². The average Bonchev–Trinajstić information content (AvgIpc) is 2.77. The summed E-state index contributed by atoms with van der Waals surface area (Å²) in [6, 6.07) is 24.0. The van der Waals surface area contributed by atoms with Crippen LogP contribution in [0.2, 0.25) is 0 Å². The maximum atomic E-state index is 11.3. The summed E-state index contributed by atoms with van der Waals surface area (Å²) in [7, 11) is -3.42. The molecule has 3 aromatic rings. The number of hydrogen-bond acceptors (Lipinski definition) is 2. The summed E-state index contributed by atoms with van der Waals surface area (Å²) in [6.45, 7) is 4.37. The summed E-state index contributed by atoms with van der Waals surface area (Å²) in [6.07, 6.45) is 6.38. The Kier molecular flexibility index (Phi) is 7.61. The van der Waals surface area contributed by atoms with E-state index in [9.17, 15) is 9.79 Å². The fraction of sp³-hybridized carbons (Fsp3) is 0.308. The lowest BCUT2D eigenvalue weighted by molar-refractivity contribution is 0.479. The third-order valence-electron chi connectivity index (χ3n) is 5.41. The van der Waals surface area contributed by atoms with Gasteiger partial charge in [-0.1, -0.05) is 81.3 Å². The zero-order chi connectivity index (χ0) is 20.7. The van der Waals surface area contributed by atoms with Gasteiger partial charge in [0, 0.05) is 5.56 Å². The molecule has 3 aromatic carbocycles. The first-order valence-corrected chi connectivity index (χ1v) is 12.4. The maximum absolute atomic E-state index is 11.3. The molecule has 0 spiro atoms. The molecule has 0 aliphatic heterocycles. The SMILES string of the molecule is CCCCc1ccc([P+](O)(O)c2cccc(-c3ccccc3)c2)c(CCCC)c1. The molecular weight excluding hydrogens is 375 g/mol. The molecule has 0 bridgehead atoms. The largest absolute Gasteiger partial charge is 0.333 e. The Morgan fingerprint density at radius 1 is 0.690 bits per heavy atom. The zero-order valence-electron chi connectivity index (χ0n) is 17.5. The number of benzene rings is 3. The molecule has 0 unspecified atom stereocenters. The molecule has 152 valence electrons. The van der Waals surface area contributed by atoms with E-state index >= 15 is 0 Å². The van der Waals surface area contributed by atoms with Crippen LogP contribution in [0.15, 0.2) is 72.8 Å². The predicted octanol–water partition coefficient (Wildman–Crippen LogP) is 5.82. The molecule has 0 aliphatic carbocycles. The molecule has 2 nitrogen and oxygen atoms in total. The predicted molar refractivity (Wildman–Crippen MR) is 126 cm³/mol. The highest BCUT2D eigenvalue weighted by atomic mass is 31.2.